The molecule has 2 N–H and O–H groups in total. The molecule has 3 rings (SSSR count). The van der Waals surface area contributed by atoms with Crippen molar-refractivity contribution in [1.29, 1.82) is 0 Å². The molecular formula is C21H30BrN5O2. The average molecular weight is 464 g/mol. The van der Waals surface area contributed by atoms with Gasteiger partial charge in [-0.25, -0.2) is 14.8 Å². The van der Waals surface area contributed by atoms with Crippen molar-refractivity contribution in [3.05, 3.63) is 28.4 Å². The van der Waals surface area contributed by atoms with Crippen molar-refractivity contribution >= 4 is 38.9 Å². The molecule has 1 unspecified atom stereocenters. The van der Waals surface area contributed by atoms with Gasteiger partial charge in [0.15, 0.2) is 5.82 Å². The van der Waals surface area contributed by atoms with Crippen LogP contribution in [0.15, 0.2) is 16.9 Å². The first kappa shape index (κ1) is 21.6. The van der Waals surface area contributed by atoms with E-state index >= 15 is 0 Å². The van der Waals surface area contributed by atoms with Gasteiger partial charge in [-0.05, 0) is 61.5 Å². The third-order valence-corrected chi connectivity index (χ3v) is 5.68. The summed E-state index contributed by atoms with van der Waals surface area (Å²) in [5, 5.41) is 0. The van der Waals surface area contributed by atoms with E-state index in [4.69, 9.17) is 10.5 Å². The van der Waals surface area contributed by atoms with Crippen LogP contribution in [0.5, 0.6) is 0 Å². The van der Waals surface area contributed by atoms with Crippen molar-refractivity contribution in [2.45, 2.75) is 71.4 Å². The summed E-state index contributed by atoms with van der Waals surface area (Å²) in [5.74, 6) is 1.65. The predicted molar refractivity (Wildman–Crippen MR) is 119 cm³/mol. The van der Waals surface area contributed by atoms with E-state index in [-0.39, 0.29) is 18.1 Å². The summed E-state index contributed by atoms with van der Waals surface area (Å²) in [4.78, 5) is 23.2. The fourth-order valence-corrected chi connectivity index (χ4v) is 4.19. The number of rotatable bonds is 3. The molecule has 2 aromatic rings. The molecular weight excluding hydrogens is 434 g/mol. The van der Waals surface area contributed by atoms with Gasteiger partial charge in [0.1, 0.15) is 21.5 Å². The fraction of sp³-hybridized carbons (Fsp3) is 0.571. The number of fused-ring (bicyclic) bond motifs is 1. The second-order valence-electron chi connectivity index (χ2n) is 8.88. The van der Waals surface area contributed by atoms with Crippen molar-refractivity contribution in [3.63, 3.8) is 0 Å². The van der Waals surface area contributed by atoms with Gasteiger partial charge in [-0.15, -0.1) is 0 Å². The Balaban J connectivity index is 1.89. The van der Waals surface area contributed by atoms with E-state index < -0.39 is 5.60 Å². The van der Waals surface area contributed by atoms with Gasteiger partial charge in [0.2, 0.25) is 0 Å². The zero-order valence-electron chi connectivity index (χ0n) is 18.0. The van der Waals surface area contributed by atoms with E-state index in [0.717, 1.165) is 36.3 Å². The van der Waals surface area contributed by atoms with Crippen LogP contribution in [0.4, 0.5) is 10.6 Å². The van der Waals surface area contributed by atoms with Gasteiger partial charge in [0.25, 0.3) is 0 Å². The first-order chi connectivity index (χ1) is 13.5. The van der Waals surface area contributed by atoms with Crippen LogP contribution in [0.1, 0.15) is 71.3 Å². The van der Waals surface area contributed by atoms with Gasteiger partial charge in [-0.2, -0.15) is 0 Å². The Morgan fingerprint density at radius 1 is 1.41 bits per heavy atom. The molecule has 0 fully saturated rings. The second-order valence-corrected chi connectivity index (χ2v) is 9.63. The highest BCUT2D eigenvalue weighted by molar-refractivity contribution is 9.10. The predicted octanol–water partition coefficient (Wildman–Crippen LogP) is 5.00. The molecule has 1 aliphatic carbocycles. The molecule has 0 saturated heterocycles. The van der Waals surface area contributed by atoms with Crippen LogP contribution in [0.25, 0.3) is 11.1 Å². The van der Waals surface area contributed by atoms with Crippen molar-refractivity contribution in [3.8, 4) is 0 Å². The topological polar surface area (TPSA) is 85.8 Å². The average Bonchev–Trinajstić information content (AvgIpc) is 2.99. The van der Waals surface area contributed by atoms with Gasteiger partial charge in [0, 0.05) is 19.0 Å². The van der Waals surface area contributed by atoms with Crippen molar-refractivity contribution < 1.29 is 9.53 Å². The van der Waals surface area contributed by atoms with E-state index in [9.17, 15) is 4.79 Å². The second kappa shape index (κ2) is 7.97. The molecule has 0 aliphatic heterocycles. The van der Waals surface area contributed by atoms with Crippen LogP contribution in [-0.2, 0) is 4.74 Å². The molecule has 2 heterocycles. The van der Waals surface area contributed by atoms with Gasteiger partial charge in [-0.1, -0.05) is 19.9 Å². The molecule has 8 heteroatoms. The number of nitrogen functional groups attached to an aromatic ring is 1. The Labute approximate surface area is 180 Å². The molecule has 0 spiro atoms. The molecule has 2 aromatic heterocycles. The maximum Gasteiger partial charge on any atom is 0.410 e. The Hall–Kier alpha value is -2.09. The summed E-state index contributed by atoms with van der Waals surface area (Å²) < 4.78 is 8.33. The molecule has 0 aromatic carbocycles. The summed E-state index contributed by atoms with van der Waals surface area (Å²) in [5.41, 5.74) is 8.65. The monoisotopic (exact) mass is 463 g/mol. The summed E-state index contributed by atoms with van der Waals surface area (Å²) in [7, 11) is 1.81. The smallest absolute Gasteiger partial charge is 0.410 e. The van der Waals surface area contributed by atoms with Gasteiger partial charge in [0.05, 0.1) is 11.9 Å². The van der Waals surface area contributed by atoms with Gasteiger partial charge in [-0.3, -0.25) is 4.40 Å². The first-order valence-electron chi connectivity index (χ1n) is 9.97. The maximum absolute atomic E-state index is 12.4. The SMILES string of the molecule is CC(C)c1nc(Br)c2c(N)ncc(C3=CCC(N(C)C(=O)OC(C)(C)C)CC3)n12. The van der Waals surface area contributed by atoms with Crippen LogP contribution in [-0.4, -0.2) is 44.1 Å². The Bertz CT molecular complexity index is 958. The molecule has 1 amide bonds. The van der Waals surface area contributed by atoms with Crippen LogP contribution in [0, 0.1) is 0 Å². The van der Waals surface area contributed by atoms with Crippen LogP contribution in [0.2, 0.25) is 0 Å². The number of nitrogens with zero attached hydrogens (tertiary/aromatic N) is 4. The number of aromatic nitrogens is 3. The lowest BCUT2D eigenvalue weighted by Gasteiger charge is -2.32. The largest absolute Gasteiger partial charge is 0.444 e. The zero-order valence-corrected chi connectivity index (χ0v) is 19.6. The number of hydrogen-bond acceptors (Lipinski definition) is 5. The van der Waals surface area contributed by atoms with Crippen LogP contribution in [0.3, 0.4) is 0 Å². The highest BCUT2D eigenvalue weighted by atomic mass is 79.9. The normalized spacial score (nSPS) is 17.5. The number of imidazole rings is 1. The fourth-order valence-electron chi connectivity index (χ4n) is 3.63. The third-order valence-electron chi connectivity index (χ3n) is 5.13. The zero-order chi connectivity index (χ0) is 21.5. The third kappa shape index (κ3) is 4.42. The van der Waals surface area contributed by atoms with E-state index in [2.05, 4.69) is 50.2 Å². The Morgan fingerprint density at radius 3 is 2.66 bits per heavy atom. The molecule has 0 radical (unpaired) electrons. The molecule has 29 heavy (non-hydrogen) atoms. The highest BCUT2D eigenvalue weighted by Crippen LogP contribution is 2.34. The number of amides is 1. The van der Waals surface area contributed by atoms with E-state index in [0.29, 0.717) is 10.4 Å². The maximum atomic E-state index is 12.4. The number of halogens is 1. The lowest BCUT2D eigenvalue weighted by molar-refractivity contribution is 0.0215. The summed E-state index contributed by atoms with van der Waals surface area (Å²) in [6, 6.07) is 0.116. The number of ether oxygens (including phenoxy) is 1. The lowest BCUT2D eigenvalue weighted by Crippen LogP contribution is -2.41. The number of allylic oxidation sites excluding steroid dienone is 1. The number of carbonyl (C=O) groups excluding carboxylic acids is 1. The lowest BCUT2D eigenvalue weighted by atomic mass is 9.92. The Kier molecular flexibility index (Phi) is 5.94. The van der Waals surface area contributed by atoms with Crippen LogP contribution >= 0.6 is 15.9 Å². The Morgan fingerprint density at radius 2 is 2.10 bits per heavy atom. The van der Waals surface area contributed by atoms with E-state index in [1.54, 1.807) is 4.90 Å². The summed E-state index contributed by atoms with van der Waals surface area (Å²) in [6.07, 6.45) is 6.21. The number of hydrogen-bond donors (Lipinski definition) is 1. The van der Waals surface area contributed by atoms with Gasteiger partial charge >= 0.3 is 6.09 Å². The minimum absolute atomic E-state index is 0.116. The minimum atomic E-state index is -0.496. The summed E-state index contributed by atoms with van der Waals surface area (Å²) in [6.45, 7) is 9.87. The molecule has 0 bridgehead atoms. The van der Waals surface area contributed by atoms with Crippen molar-refractivity contribution in [1.82, 2.24) is 19.3 Å². The quantitative estimate of drug-likeness (QED) is 0.691. The number of anilines is 1. The molecule has 1 aliphatic rings. The minimum Gasteiger partial charge on any atom is -0.444 e. The summed E-state index contributed by atoms with van der Waals surface area (Å²) >= 11 is 3.53. The number of nitrogens with two attached hydrogens (primary N) is 1. The van der Waals surface area contributed by atoms with Crippen molar-refractivity contribution in [2.24, 2.45) is 0 Å². The highest BCUT2D eigenvalue weighted by Gasteiger charge is 2.28. The standard InChI is InChI=1S/C21H30BrN5O2/c1-12(2)19-25-17(22)16-18(23)24-11-15(27(16)19)13-7-9-14(10-8-13)26(6)20(28)29-21(3,4)5/h7,11-12,14H,8-10H2,1-6H3,(H2,23,24). The molecule has 0 saturated carbocycles. The van der Waals surface area contributed by atoms with E-state index in [1.807, 2.05) is 34.0 Å². The molecule has 1 atom stereocenters. The molecule has 7 nitrogen and oxygen atoms in total. The van der Waals surface area contributed by atoms with Gasteiger partial charge < -0.3 is 15.4 Å². The van der Waals surface area contributed by atoms with Crippen molar-refractivity contribution in [2.75, 3.05) is 12.8 Å². The molecule has 158 valence electrons. The number of carbonyl (C=O) groups is 1. The van der Waals surface area contributed by atoms with Crippen LogP contribution < -0.4 is 5.73 Å². The van der Waals surface area contributed by atoms with E-state index in [1.165, 1.54) is 5.57 Å². The first-order valence-corrected chi connectivity index (χ1v) is 10.8.